The van der Waals surface area contributed by atoms with Gasteiger partial charge in [-0.3, -0.25) is 0 Å². The molecule has 0 unspecified atom stereocenters. The third-order valence-electron chi connectivity index (χ3n) is 1.58. The zero-order chi connectivity index (χ0) is 9.14. The molecule has 12 heavy (non-hydrogen) atoms. The van der Waals surface area contributed by atoms with Crippen LogP contribution in [0.3, 0.4) is 0 Å². The van der Waals surface area contributed by atoms with Crippen molar-refractivity contribution in [3.63, 3.8) is 0 Å². The van der Waals surface area contributed by atoms with Crippen LogP contribution >= 0.6 is 0 Å². The molecule has 0 fully saturated rings. The summed E-state index contributed by atoms with van der Waals surface area (Å²) in [6, 6.07) is 2.05. The van der Waals surface area contributed by atoms with E-state index in [1.54, 1.807) is 0 Å². The first kappa shape index (κ1) is 8.78. The molecule has 1 aromatic heterocycles. The van der Waals surface area contributed by atoms with Crippen molar-refractivity contribution in [2.75, 3.05) is 7.05 Å². The van der Waals surface area contributed by atoms with Crippen LogP contribution < -0.4 is 0 Å². The van der Waals surface area contributed by atoms with Gasteiger partial charge >= 0.3 is 0 Å². The monoisotopic (exact) mass is 163 g/mol. The molecular weight excluding hydrogens is 148 g/mol. The number of allylic oxidation sites excluding steroid dienone is 1. The van der Waals surface area contributed by atoms with E-state index in [-0.39, 0.29) is 0 Å². The third kappa shape index (κ3) is 1.84. The Morgan fingerprint density at radius 3 is 2.75 bits per heavy atom. The average Bonchev–Trinajstić information content (AvgIpc) is 2.33. The second-order valence-corrected chi connectivity index (χ2v) is 3.20. The summed E-state index contributed by atoms with van der Waals surface area (Å²) in [5.74, 6) is 1.05. The molecule has 0 aliphatic carbocycles. The maximum atomic E-state index is 3.82. The average molecular weight is 163 g/mol. The topological polar surface area (TPSA) is 18.8 Å². The lowest BCUT2D eigenvalue weighted by Crippen LogP contribution is -1.94. The van der Waals surface area contributed by atoms with Crippen molar-refractivity contribution in [1.82, 2.24) is 4.98 Å². The molecule has 0 spiro atoms. The summed E-state index contributed by atoms with van der Waals surface area (Å²) in [5, 5.41) is 0. The SMILES string of the molecule is C=[N+](C)c1[nH]ccc1C=C(C)C. The lowest BCUT2D eigenvalue weighted by molar-refractivity contribution is -0.399. The highest BCUT2D eigenvalue weighted by atomic mass is 15.0. The van der Waals surface area contributed by atoms with Gasteiger partial charge in [0.1, 0.15) is 0 Å². The molecule has 0 aromatic carbocycles. The standard InChI is InChI=1S/C10H15N2/c1-8(2)7-9-5-6-11-10(9)12(3)4/h5-7,11H,3H2,1-2,4H3/q+1. The number of rotatable bonds is 2. The van der Waals surface area contributed by atoms with E-state index in [1.165, 1.54) is 11.1 Å². The molecule has 0 saturated heterocycles. The summed E-state index contributed by atoms with van der Waals surface area (Å²) < 4.78 is 1.83. The van der Waals surface area contributed by atoms with Gasteiger partial charge in [-0.2, -0.15) is 0 Å². The fourth-order valence-electron chi connectivity index (χ4n) is 1.13. The quantitative estimate of drug-likeness (QED) is 0.510. The van der Waals surface area contributed by atoms with Gasteiger partial charge in [0.25, 0.3) is 5.82 Å². The Hall–Kier alpha value is -1.31. The maximum Gasteiger partial charge on any atom is 0.285 e. The van der Waals surface area contributed by atoms with Gasteiger partial charge < -0.3 is 0 Å². The van der Waals surface area contributed by atoms with Crippen molar-refractivity contribution in [1.29, 1.82) is 0 Å². The Morgan fingerprint density at radius 2 is 2.25 bits per heavy atom. The molecule has 64 valence electrons. The highest BCUT2D eigenvalue weighted by Gasteiger charge is 2.07. The van der Waals surface area contributed by atoms with Crippen LogP contribution in [0.15, 0.2) is 17.8 Å². The van der Waals surface area contributed by atoms with Crippen LogP contribution in [-0.2, 0) is 0 Å². The van der Waals surface area contributed by atoms with E-state index < -0.39 is 0 Å². The molecule has 0 bridgehead atoms. The molecule has 0 amide bonds. The van der Waals surface area contributed by atoms with Gasteiger partial charge in [0, 0.05) is 0 Å². The first-order valence-electron chi connectivity index (χ1n) is 3.98. The highest BCUT2D eigenvalue weighted by molar-refractivity contribution is 5.60. The van der Waals surface area contributed by atoms with Gasteiger partial charge in [0.15, 0.2) is 0 Å². The van der Waals surface area contributed by atoms with Gasteiger partial charge in [-0.1, -0.05) is 5.57 Å². The first-order valence-corrected chi connectivity index (χ1v) is 3.98. The molecule has 0 aliphatic rings. The normalized spacial score (nSPS) is 9.58. The Morgan fingerprint density at radius 1 is 1.58 bits per heavy atom. The van der Waals surface area contributed by atoms with Crippen molar-refractivity contribution >= 4 is 18.6 Å². The molecule has 1 rings (SSSR count). The van der Waals surface area contributed by atoms with E-state index in [1.807, 2.05) is 23.9 Å². The second kappa shape index (κ2) is 3.39. The molecule has 0 atom stereocenters. The Balaban J connectivity index is 3.08. The van der Waals surface area contributed by atoms with E-state index in [0.29, 0.717) is 0 Å². The molecule has 2 nitrogen and oxygen atoms in total. The second-order valence-electron chi connectivity index (χ2n) is 3.20. The van der Waals surface area contributed by atoms with Gasteiger partial charge in [0.05, 0.1) is 25.5 Å². The summed E-state index contributed by atoms with van der Waals surface area (Å²) >= 11 is 0. The molecule has 2 heteroatoms. The van der Waals surface area contributed by atoms with E-state index >= 15 is 0 Å². The van der Waals surface area contributed by atoms with E-state index in [2.05, 4.69) is 31.6 Å². The summed E-state index contributed by atoms with van der Waals surface area (Å²) in [7, 11) is 1.92. The van der Waals surface area contributed by atoms with Crippen molar-refractivity contribution < 1.29 is 4.58 Å². The largest absolute Gasteiger partial charge is 0.285 e. The Kier molecular flexibility index (Phi) is 2.48. The minimum Gasteiger partial charge on any atom is -0.247 e. The minimum absolute atomic E-state index is 1.05. The minimum atomic E-state index is 1.05. The zero-order valence-corrected chi connectivity index (χ0v) is 7.89. The van der Waals surface area contributed by atoms with E-state index in [0.717, 1.165) is 5.82 Å². The number of hydrogen-bond donors (Lipinski definition) is 1. The van der Waals surface area contributed by atoms with Crippen LogP contribution in [0.1, 0.15) is 19.4 Å². The van der Waals surface area contributed by atoms with Crippen LogP contribution in [0.5, 0.6) is 0 Å². The number of H-pyrrole nitrogens is 1. The Labute approximate surface area is 73.2 Å². The predicted molar refractivity (Wildman–Crippen MR) is 53.1 cm³/mol. The number of nitrogens with zero attached hydrogens (tertiary/aromatic N) is 1. The van der Waals surface area contributed by atoms with Crippen molar-refractivity contribution in [3.8, 4) is 0 Å². The van der Waals surface area contributed by atoms with Gasteiger partial charge in [-0.15, -0.1) is 0 Å². The van der Waals surface area contributed by atoms with Crippen LogP contribution in [0.25, 0.3) is 6.08 Å². The first-order chi connectivity index (χ1) is 5.61. The van der Waals surface area contributed by atoms with Crippen LogP contribution in [-0.4, -0.2) is 23.3 Å². The van der Waals surface area contributed by atoms with Gasteiger partial charge in [-0.05, 0) is 26.0 Å². The lowest BCUT2D eigenvalue weighted by Gasteiger charge is -1.94. The summed E-state index contributed by atoms with van der Waals surface area (Å²) in [4.78, 5) is 3.13. The van der Waals surface area contributed by atoms with Crippen LogP contribution in [0.2, 0.25) is 0 Å². The van der Waals surface area contributed by atoms with Crippen molar-refractivity contribution in [2.24, 2.45) is 0 Å². The molecule has 0 saturated carbocycles. The molecule has 0 radical (unpaired) electrons. The molecule has 1 aromatic rings. The fraction of sp³-hybridized carbons (Fsp3) is 0.300. The predicted octanol–water partition coefficient (Wildman–Crippen LogP) is 2.41. The number of nitrogens with one attached hydrogen (secondary N) is 1. The van der Waals surface area contributed by atoms with Gasteiger partial charge in [-0.25, -0.2) is 9.56 Å². The van der Waals surface area contributed by atoms with E-state index in [4.69, 9.17) is 0 Å². The van der Waals surface area contributed by atoms with Crippen molar-refractivity contribution in [3.05, 3.63) is 23.4 Å². The summed E-state index contributed by atoms with van der Waals surface area (Å²) in [6.07, 6.45) is 4.05. The zero-order valence-electron chi connectivity index (χ0n) is 7.89. The molecule has 1 heterocycles. The fourth-order valence-corrected chi connectivity index (χ4v) is 1.13. The Bertz CT molecular complexity index is 314. The smallest absolute Gasteiger partial charge is 0.247 e. The molecular formula is C10H15N2+. The van der Waals surface area contributed by atoms with Crippen LogP contribution in [0, 0.1) is 0 Å². The highest BCUT2D eigenvalue weighted by Crippen LogP contribution is 2.17. The molecule has 0 aliphatic heterocycles. The summed E-state index contributed by atoms with van der Waals surface area (Å²) in [5.41, 5.74) is 2.48. The van der Waals surface area contributed by atoms with Crippen LogP contribution in [0.4, 0.5) is 5.82 Å². The number of aromatic amines is 1. The van der Waals surface area contributed by atoms with Crippen molar-refractivity contribution in [2.45, 2.75) is 13.8 Å². The maximum absolute atomic E-state index is 3.82. The summed E-state index contributed by atoms with van der Waals surface area (Å²) in [6.45, 7) is 7.99. The lowest BCUT2D eigenvalue weighted by atomic mass is 10.2. The number of aromatic nitrogens is 1. The van der Waals surface area contributed by atoms with E-state index in [9.17, 15) is 0 Å². The number of hydrogen-bond acceptors (Lipinski definition) is 0. The third-order valence-corrected chi connectivity index (χ3v) is 1.58. The van der Waals surface area contributed by atoms with Gasteiger partial charge in [0.2, 0.25) is 0 Å². The molecule has 1 N–H and O–H groups in total.